The van der Waals surface area contributed by atoms with Gasteiger partial charge in [0.15, 0.2) is 0 Å². The Morgan fingerprint density at radius 1 is 1.29 bits per heavy atom. The Bertz CT molecular complexity index is 207. The van der Waals surface area contributed by atoms with Gasteiger partial charge in [-0.05, 0) is 0 Å². The average Bonchev–Trinajstić information content (AvgIpc) is 1.83. The first-order valence-corrected chi connectivity index (χ1v) is 3.01. The molecule has 0 saturated heterocycles. The van der Waals surface area contributed by atoms with Gasteiger partial charge >= 0.3 is 18.1 Å². The van der Waals surface area contributed by atoms with Gasteiger partial charge in [0.2, 0.25) is 0 Å². The SMILES string of the molecule is Cl.NC(CC(F)(F)C(F)(F)F)C(=O)O. The predicted molar refractivity (Wildman–Crippen MR) is 38.5 cm³/mol. The molecule has 3 nitrogen and oxygen atoms in total. The molecular formula is C5H7ClF5NO2. The molecule has 3 N–H and O–H groups in total. The summed E-state index contributed by atoms with van der Waals surface area (Å²) >= 11 is 0. The number of hydrogen-bond acceptors (Lipinski definition) is 2. The fraction of sp³-hybridized carbons (Fsp3) is 0.800. The lowest BCUT2D eigenvalue weighted by Crippen LogP contribution is -2.44. The maximum atomic E-state index is 12.1. The van der Waals surface area contributed by atoms with E-state index in [1.54, 1.807) is 0 Å². The molecule has 0 aromatic heterocycles. The summed E-state index contributed by atoms with van der Waals surface area (Å²) in [4.78, 5) is 9.88. The molecular weight excluding hydrogens is 237 g/mol. The van der Waals surface area contributed by atoms with Gasteiger partial charge in [0.25, 0.3) is 0 Å². The van der Waals surface area contributed by atoms with Crippen molar-refractivity contribution >= 4 is 18.4 Å². The molecule has 0 heterocycles. The zero-order valence-electron chi connectivity index (χ0n) is 6.52. The average molecular weight is 244 g/mol. The van der Waals surface area contributed by atoms with Crippen molar-refractivity contribution in [2.75, 3.05) is 0 Å². The summed E-state index contributed by atoms with van der Waals surface area (Å²) in [5.41, 5.74) is 4.52. The van der Waals surface area contributed by atoms with Crippen molar-refractivity contribution in [3.05, 3.63) is 0 Å². The highest BCUT2D eigenvalue weighted by Crippen LogP contribution is 2.38. The second-order valence-electron chi connectivity index (χ2n) is 2.35. The van der Waals surface area contributed by atoms with Gasteiger partial charge in [-0.2, -0.15) is 22.0 Å². The van der Waals surface area contributed by atoms with Crippen LogP contribution in [0, 0.1) is 0 Å². The van der Waals surface area contributed by atoms with E-state index in [4.69, 9.17) is 5.11 Å². The minimum Gasteiger partial charge on any atom is -0.480 e. The Kier molecular flexibility index (Phi) is 5.36. The quantitative estimate of drug-likeness (QED) is 0.737. The Morgan fingerprint density at radius 3 is 1.86 bits per heavy atom. The topological polar surface area (TPSA) is 63.3 Å². The molecule has 0 amide bonds. The van der Waals surface area contributed by atoms with Gasteiger partial charge in [-0.3, -0.25) is 4.79 Å². The van der Waals surface area contributed by atoms with E-state index in [2.05, 4.69) is 5.73 Å². The van der Waals surface area contributed by atoms with Gasteiger partial charge in [0.1, 0.15) is 6.04 Å². The maximum Gasteiger partial charge on any atom is 0.453 e. The van der Waals surface area contributed by atoms with Gasteiger partial charge in [0, 0.05) is 6.42 Å². The zero-order valence-corrected chi connectivity index (χ0v) is 7.33. The molecule has 0 saturated carbocycles. The number of aliphatic carboxylic acids is 1. The lowest BCUT2D eigenvalue weighted by molar-refractivity contribution is -0.285. The van der Waals surface area contributed by atoms with E-state index < -0.39 is 30.5 Å². The van der Waals surface area contributed by atoms with E-state index >= 15 is 0 Å². The highest BCUT2D eigenvalue weighted by atomic mass is 35.5. The fourth-order valence-electron chi connectivity index (χ4n) is 0.479. The number of carboxylic acid groups (broad SMARTS) is 1. The minimum absolute atomic E-state index is 0. The third kappa shape index (κ3) is 4.05. The van der Waals surface area contributed by atoms with Crippen LogP contribution in [0.3, 0.4) is 0 Å². The van der Waals surface area contributed by atoms with E-state index in [1.165, 1.54) is 0 Å². The number of nitrogens with two attached hydrogens (primary N) is 1. The van der Waals surface area contributed by atoms with Crippen LogP contribution < -0.4 is 5.73 Å². The van der Waals surface area contributed by atoms with Crippen molar-refractivity contribution in [2.45, 2.75) is 24.6 Å². The molecule has 0 radical (unpaired) electrons. The van der Waals surface area contributed by atoms with E-state index in [-0.39, 0.29) is 12.4 Å². The highest BCUT2D eigenvalue weighted by molar-refractivity contribution is 5.85. The third-order valence-electron chi connectivity index (χ3n) is 1.21. The van der Waals surface area contributed by atoms with Gasteiger partial charge in [-0.1, -0.05) is 0 Å². The van der Waals surface area contributed by atoms with Gasteiger partial charge in [-0.15, -0.1) is 12.4 Å². The molecule has 1 atom stereocenters. The second-order valence-corrected chi connectivity index (χ2v) is 2.35. The first-order valence-electron chi connectivity index (χ1n) is 3.01. The highest BCUT2D eigenvalue weighted by Gasteiger charge is 2.58. The smallest absolute Gasteiger partial charge is 0.453 e. The van der Waals surface area contributed by atoms with Crippen molar-refractivity contribution in [2.24, 2.45) is 5.73 Å². The first-order chi connectivity index (χ1) is 5.58. The number of carboxylic acids is 1. The molecule has 0 aliphatic heterocycles. The summed E-state index contributed by atoms with van der Waals surface area (Å²) in [5, 5.41) is 7.99. The molecule has 0 aliphatic carbocycles. The van der Waals surface area contributed by atoms with Gasteiger partial charge < -0.3 is 10.8 Å². The van der Waals surface area contributed by atoms with Crippen LogP contribution in [0.25, 0.3) is 0 Å². The molecule has 0 aromatic carbocycles. The lowest BCUT2D eigenvalue weighted by atomic mass is 10.1. The van der Waals surface area contributed by atoms with Crippen molar-refractivity contribution in [3.8, 4) is 0 Å². The van der Waals surface area contributed by atoms with Gasteiger partial charge in [0.05, 0.1) is 0 Å². The van der Waals surface area contributed by atoms with Crippen molar-refractivity contribution in [3.63, 3.8) is 0 Å². The molecule has 86 valence electrons. The van der Waals surface area contributed by atoms with E-state index in [0.717, 1.165) is 0 Å². The van der Waals surface area contributed by atoms with Crippen LogP contribution >= 0.6 is 12.4 Å². The van der Waals surface area contributed by atoms with Crippen LogP contribution in [0.15, 0.2) is 0 Å². The third-order valence-corrected chi connectivity index (χ3v) is 1.21. The Balaban J connectivity index is 0. The maximum absolute atomic E-state index is 12.1. The zero-order chi connectivity index (χ0) is 10.9. The molecule has 14 heavy (non-hydrogen) atoms. The van der Waals surface area contributed by atoms with Crippen molar-refractivity contribution in [1.29, 1.82) is 0 Å². The van der Waals surface area contributed by atoms with E-state index in [0.29, 0.717) is 0 Å². The van der Waals surface area contributed by atoms with E-state index in [1.807, 2.05) is 0 Å². The Hall–Kier alpha value is -0.630. The van der Waals surface area contributed by atoms with Crippen LogP contribution in [-0.4, -0.2) is 29.2 Å². The van der Waals surface area contributed by atoms with Crippen LogP contribution in [-0.2, 0) is 4.79 Å². The summed E-state index contributed by atoms with van der Waals surface area (Å²) in [6, 6.07) is -2.23. The van der Waals surface area contributed by atoms with Crippen molar-refractivity contribution in [1.82, 2.24) is 0 Å². The predicted octanol–water partition coefficient (Wildman–Crippen LogP) is 1.41. The number of carbonyl (C=O) groups is 1. The van der Waals surface area contributed by atoms with Crippen molar-refractivity contribution < 1.29 is 31.9 Å². The minimum atomic E-state index is -5.76. The standard InChI is InChI=1S/C5H6F5NO2.ClH/c6-4(7,5(8,9)10)1-2(11)3(12)13;/h2H,1,11H2,(H,12,13);1H. The molecule has 0 spiro atoms. The number of rotatable bonds is 3. The largest absolute Gasteiger partial charge is 0.480 e. The molecule has 9 heteroatoms. The Labute approximate surface area is 81.5 Å². The normalized spacial score (nSPS) is 14.4. The molecule has 0 bridgehead atoms. The summed E-state index contributed by atoms with van der Waals surface area (Å²) in [5.74, 6) is -6.96. The summed E-state index contributed by atoms with van der Waals surface area (Å²) in [6.45, 7) is 0. The summed E-state index contributed by atoms with van der Waals surface area (Å²) in [6.07, 6.45) is -7.72. The molecule has 0 fully saturated rings. The Morgan fingerprint density at radius 2 is 1.64 bits per heavy atom. The molecule has 0 rings (SSSR count). The molecule has 1 unspecified atom stereocenters. The van der Waals surface area contributed by atoms with Gasteiger partial charge in [-0.25, -0.2) is 0 Å². The number of alkyl halides is 5. The molecule has 0 aromatic rings. The van der Waals surface area contributed by atoms with Crippen LogP contribution in [0.4, 0.5) is 22.0 Å². The summed E-state index contributed by atoms with van der Waals surface area (Å²) < 4.78 is 58.5. The first kappa shape index (κ1) is 15.8. The second kappa shape index (κ2) is 4.74. The van der Waals surface area contributed by atoms with Crippen LogP contribution in [0.1, 0.15) is 6.42 Å². The molecule has 0 aliphatic rings. The number of halogens is 6. The van der Waals surface area contributed by atoms with Crippen LogP contribution in [0.2, 0.25) is 0 Å². The summed E-state index contributed by atoms with van der Waals surface area (Å²) in [7, 11) is 0. The lowest BCUT2D eigenvalue weighted by Gasteiger charge is -2.20. The number of hydrogen-bond donors (Lipinski definition) is 2. The fourth-order valence-corrected chi connectivity index (χ4v) is 0.479. The monoisotopic (exact) mass is 243 g/mol. The van der Waals surface area contributed by atoms with E-state index in [9.17, 15) is 26.7 Å². The van der Waals surface area contributed by atoms with Crippen LogP contribution in [0.5, 0.6) is 0 Å².